The standard InChI is InChI=1S/C16H17ClN2O4S/c1-4-8-24(21,22)16-18-9-12(17)14(19-16)15(20)23-13-7-5-6-10(2)11(13)3/h5-7,9H,4,8H2,1-3H3. The molecule has 0 amide bonds. The van der Waals surface area contributed by atoms with E-state index in [-0.39, 0.29) is 16.5 Å². The minimum Gasteiger partial charge on any atom is -0.421 e. The van der Waals surface area contributed by atoms with Gasteiger partial charge in [0.05, 0.1) is 17.0 Å². The number of aryl methyl sites for hydroxylation is 1. The van der Waals surface area contributed by atoms with Crippen molar-refractivity contribution in [3.05, 3.63) is 46.2 Å². The number of benzene rings is 1. The lowest BCUT2D eigenvalue weighted by Crippen LogP contribution is -2.17. The highest BCUT2D eigenvalue weighted by molar-refractivity contribution is 7.91. The van der Waals surface area contributed by atoms with Crippen molar-refractivity contribution in [3.63, 3.8) is 0 Å². The topological polar surface area (TPSA) is 86.2 Å². The second kappa shape index (κ2) is 7.27. The van der Waals surface area contributed by atoms with E-state index in [2.05, 4.69) is 9.97 Å². The molecule has 0 aliphatic rings. The normalized spacial score (nSPS) is 11.3. The largest absolute Gasteiger partial charge is 0.421 e. The summed E-state index contributed by atoms with van der Waals surface area (Å²) in [7, 11) is -3.66. The zero-order valence-electron chi connectivity index (χ0n) is 13.5. The number of rotatable bonds is 5. The lowest BCUT2D eigenvalue weighted by molar-refractivity contribution is 0.0726. The number of esters is 1. The summed E-state index contributed by atoms with van der Waals surface area (Å²) in [6.45, 7) is 5.43. The first-order valence-corrected chi connectivity index (χ1v) is 9.33. The molecule has 0 aliphatic heterocycles. The zero-order chi connectivity index (χ0) is 17.9. The van der Waals surface area contributed by atoms with E-state index < -0.39 is 21.0 Å². The highest BCUT2D eigenvalue weighted by Gasteiger charge is 2.23. The molecule has 1 heterocycles. The van der Waals surface area contributed by atoms with Crippen molar-refractivity contribution in [3.8, 4) is 5.75 Å². The molecule has 0 N–H and O–H groups in total. The summed E-state index contributed by atoms with van der Waals surface area (Å²) in [4.78, 5) is 19.9. The first-order valence-electron chi connectivity index (χ1n) is 7.30. The molecule has 0 saturated carbocycles. The van der Waals surface area contributed by atoms with Gasteiger partial charge in [0.15, 0.2) is 5.69 Å². The lowest BCUT2D eigenvalue weighted by atomic mass is 10.1. The quantitative estimate of drug-likeness (QED) is 0.457. The third kappa shape index (κ3) is 3.91. The molecule has 0 bridgehead atoms. The molecule has 2 aromatic rings. The summed E-state index contributed by atoms with van der Waals surface area (Å²) in [6.07, 6.45) is 1.51. The maximum atomic E-state index is 12.3. The van der Waals surface area contributed by atoms with Crippen LogP contribution in [-0.2, 0) is 9.84 Å². The Labute approximate surface area is 145 Å². The van der Waals surface area contributed by atoms with Gasteiger partial charge in [0.2, 0.25) is 15.0 Å². The fraction of sp³-hybridized carbons (Fsp3) is 0.312. The number of carbonyl (C=O) groups excluding carboxylic acids is 1. The molecule has 0 unspecified atom stereocenters. The summed E-state index contributed by atoms with van der Waals surface area (Å²) in [5.41, 5.74) is 1.48. The molecule has 0 spiro atoms. The van der Waals surface area contributed by atoms with Gasteiger partial charge in [-0.1, -0.05) is 30.7 Å². The van der Waals surface area contributed by atoms with E-state index in [0.29, 0.717) is 12.2 Å². The van der Waals surface area contributed by atoms with Gasteiger partial charge in [-0.2, -0.15) is 0 Å². The Balaban J connectivity index is 2.37. The van der Waals surface area contributed by atoms with Gasteiger partial charge in [0.1, 0.15) is 5.75 Å². The van der Waals surface area contributed by atoms with E-state index in [1.807, 2.05) is 19.9 Å². The number of sulfone groups is 1. The predicted molar refractivity (Wildman–Crippen MR) is 90.3 cm³/mol. The molecule has 1 aromatic carbocycles. The molecule has 0 radical (unpaired) electrons. The predicted octanol–water partition coefficient (Wildman–Crippen LogP) is 3.15. The van der Waals surface area contributed by atoms with Crippen LogP contribution in [0.1, 0.15) is 35.0 Å². The van der Waals surface area contributed by atoms with E-state index in [1.165, 1.54) is 0 Å². The SMILES string of the molecule is CCCS(=O)(=O)c1ncc(Cl)c(C(=O)Oc2cccc(C)c2C)n1. The first-order chi connectivity index (χ1) is 11.3. The number of hydrogen-bond acceptors (Lipinski definition) is 6. The van der Waals surface area contributed by atoms with Crippen LogP contribution in [0.4, 0.5) is 0 Å². The van der Waals surface area contributed by atoms with Crippen molar-refractivity contribution in [1.82, 2.24) is 9.97 Å². The maximum Gasteiger partial charge on any atom is 0.364 e. The summed E-state index contributed by atoms with van der Waals surface area (Å²) < 4.78 is 29.4. The van der Waals surface area contributed by atoms with Gasteiger partial charge in [-0.15, -0.1) is 0 Å². The zero-order valence-corrected chi connectivity index (χ0v) is 15.1. The van der Waals surface area contributed by atoms with Gasteiger partial charge >= 0.3 is 5.97 Å². The van der Waals surface area contributed by atoms with Crippen molar-refractivity contribution in [2.24, 2.45) is 0 Å². The van der Waals surface area contributed by atoms with Gasteiger partial charge in [0.25, 0.3) is 0 Å². The minimum absolute atomic E-state index is 0.0687. The fourth-order valence-corrected chi connectivity index (χ4v) is 3.32. The molecular formula is C16H17ClN2O4S. The second-order valence-corrected chi connectivity index (χ2v) is 7.67. The van der Waals surface area contributed by atoms with E-state index >= 15 is 0 Å². The molecule has 8 heteroatoms. The molecule has 128 valence electrons. The molecule has 0 fully saturated rings. The van der Waals surface area contributed by atoms with Crippen LogP contribution in [0.25, 0.3) is 0 Å². The van der Waals surface area contributed by atoms with Crippen LogP contribution >= 0.6 is 11.6 Å². The Morgan fingerprint density at radius 3 is 2.67 bits per heavy atom. The Hall–Kier alpha value is -1.99. The molecule has 0 saturated heterocycles. The number of halogens is 1. The van der Waals surface area contributed by atoms with E-state index in [0.717, 1.165) is 17.3 Å². The van der Waals surface area contributed by atoms with Crippen LogP contribution in [0.5, 0.6) is 5.75 Å². The Morgan fingerprint density at radius 1 is 1.29 bits per heavy atom. The third-order valence-corrected chi connectivity index (χ3v) is 5.40. The van der Waals surface area contributed by atoms with Crippen LogP contribution in [0, 0.1) is 13.8 Å². The lowest BCUT2D eigenvalue weighted by Gasteiger charge is -2.10. The van der Waals surface area contributed by atoms with Crippen molar-refractivity contribution < 1.29 is 17.9 Å². The molecule has 1 aromatic heterocycles. The molecule has 0 aliphatic carbocycles. The van der Waals surface area contributed by atoms with Gasteiger partial charge in [-0.3, -0.25) is 0 Å². The highest BCUT2D eigenvalue weighted by Crippen LogP contribution is 2.23. The second-order valence-electron chi connectivity index (χ2n) is 5.26. The van der Waals surface area contributed by atoms with Gasteiger partial charge in [0, 0.05) is 0 Å². The number of ether oxygens (including phenoxy) is 1. The monoisotopic (exact) mass is 368 g/mol. The molecular weight excluding hydrogens is 352 g/mol. The maximum absolute atomic E-state index is 12.3. The summed E-state index contributed by atoms with van der Waals surface area (Å²) >= 11 is 5.93. The minimum atomic E-state index is -3.66. The van der Waals surface area contributed by atoms with Gasteiger partial charge < -0.3 is 4.74 Å². The average molecular weight is 369 g/mol. The average Bonchev–Trinajstić information content (AvgIpc) is 2.52. The van der Waals surface area contributed by atoms with Crippen LogP contribution in [0.15, 0.2) is 29.6 Å². The van der Waals surface area contributed by atoms with Crippen molar-refractivity contribution in [1.29, 1.82) is 0 Å². The van der Waals surface area contributed by atoms with Crippen LogP contribution in [0.2, 0.25) is 5.02 Å². The smallest absolute Gasteiger partial charge is 0.364 e. The Kier molecular flexibility index (Phi) is 5.56. The Bertz CT molecular complexity index is 882. The van der Waals surface area contributed by atoms with Crippen LogP contribution < -0.4 is 4.74 Å². The third-order valence-electron chi connectivity index (χ3n) is 3.42. The molecule has 2 rings (SSSR count). The number of nitrogens with zero attached hydrogens (tertiary/aromatic N) is 2. The van der Waals surface area contributed by atoms with Crippen molar-refractivity contribution in [2.75, 3.05) is 5.75 Å². The first kappa shape index (κ1) is 18.4. The van der Waals surface area contributed by atoms with E-state index in [9.17, 15) is 13.2 Å². The van der Waals surface area contributed by atoms with Crippen molar-refractivity contribution >= 4 is 27.4 Å². The van der Waals surface area contributed by atoms with E-state index in [1.54, 1.807) is 19.1 Å². The van der Waals surface area contributed by atoms with Gasteiger partial charge in [-0.05, 0) is 37.5 Å². The molecule has 6 nitrogen and oxygen atoms in total. The van der Waals surface area contributed by atoms with Crippen LogP contribution in [0.3, 0.4) is 0 Å². The van der Waals surface area contributed by atoms with E-state index in [4.69, 9.17) is 16.3 Å². The number of aromatic nitrogens is 2. The fourth-order valence-electron chi connectivity index (χ4n) is 1.99. The molecule has 24 heavy (non-hydrogen) atoms. The summed E-state index contributed by atoms with van der Waals surface area (Å²) in [5.74, 6) is -0.572. The number of carbonyl (C=O) groups is 1. The highest BCUT2D eigenvalue weighted by atomic mass is 35.5. The summed E-state index contributed by atoms with van der Waals surface area (Å²) in [6, 6.07) is 5.29. The number of hydrogen-bond donors (Lipinski definition) is 0. The Morgan fingerprint density at radius 2 is 2.00 bits per heavy atom. The molecule has 0 atom stereocenters. The van der Waals surface area contributed by atoms with Crippen LogP contribution in [-0.4, -0.2) is 30.1 Å². The van der Waals surface area contributed by atoms with Gasteiger partial charge in [-0.25, -0.2) is 23.2 Å². The summed E-state index contributed by atoms with van der Waals surface area (Å²) in [5, 5.41) is -0.498. The van der Waals surface area contributed by atoms with Crippen molar-refractivity contribution in [2.45, 2.75) is 32.3 Å².